The molecule has 1 radical (unpaired) electrons. The van der Waals surface area contributed by atoms with Crippen LogP contribution in [0.4, 0.5) is 0 Å². The molecule has 0 amide bonds. The van der Waals surface area contributed by atoms with Crippen molar-refractivity contribution in [3.63, 3.8) is 0 Å². The van der Waals surface area contributed by atoms with Crippen LogP contribution >= 0.6 is 0 Å². The normalized spacial score (nSPS) is 9.79. The summed E-state index contributed by atoms with van der Waals surface area (Å²) in [5.74, 6) is 0.841. The molecule has 2 heteroatoms. The summed E-state index contributed by atoms with van der Waals surface area (Å²) < 4.78 is 5.14. The first-order valence-electron chi connectivity index (χ1n) is 4.36. The molecule has 1 heterocycles. The van der Waals surface area contributed by atoms with Gasteiger partial charge in [0.1, 0.15) is 5.75 Å². The van der Waals surface area contributed by atoms with Crippen molar-refractivity contribution >= 4 is 0 Å². The van der Waals surface area contributed by atoms with Gasteiger partial charge in [0, 0.05) is 11.8 Å². The molecule has 1 aromatic heterocycles. The van der Waals surface area contributed by atoms with E-state index in [1.54, 1.807) is 19.4 Å². The van der Waals surface area contributed by atoms with Gasteiger partial charge in [0.15, 0.2) is 0 Å². The highest BCUT2D eigenvalue weighted by Crippen LogP contribution is 2.21. The number of hydrogen-bond donors (Lipinski definition) is 0. The molecule has 0 N–H and O–H groups in total. The van der Waals surface area contributed by atoms with Crippen molar-refractivity contribution in [2.24, 2.45) is 0 Å². The van der Waals surface area contributed by atoms with Gasteiger partial charge < -0.3 is 4.74 Å². The molecule has 0 fully saturated rings. The van der Waals surface area contributed by atoms with E-state index in [9.17, 15) is 0 Å². The Balaban J connectivity index is 2.42. The van der Waals surface area contributed by atoms with Crippen molar-refractivity contribution in [2.75, 3.05) is 7.11 Å². The van der Waals surface area contributed by atoms with Crippen LogP contribution in [0.2, 0.25) is 0 Å². The van der Waals surface area contributed by atoms with Crippen LogP contribution in [-0.4, -0.2) is 12.1 Å². The van der Waals surface area contributed by atoms with Crippen molar-refractivity contribution in [3.05, 3.63) is 48.7 Å². The molecule has 14 heavy (non-hydrogen) atoms. The minimum Gasteiger partial charge on any atom is -0.497 e. The highest BCUT2D eigenvalue weighted by atomic mass is 16.5. The zero-order valence-corrected chi connectivity index (χ0v) is 7.90. The lowest BCUT2D eigenvalue weighted by molar-refractivity contribution is 0.415. The fraction of sp³-hybridized carbons (Fsp3) is 0.0833. The molecule has 69 valence electrons. The Bertz CT molecular complexity index is 412. The predicted molar refractivity (Wildman–Crippen MR) is 55.1 cm³/mol. The summed E-state index contributed by atoms with van der Waals surface area (Å²) in [6.07, 6.45) is 1.73. The van der Waals surface area contributed by atoms with Gasteiger partial charge in [-0.3, -0.25) is 4.98 Å². The second-order valence-corrected chi connectivity index (χ2v) is 2.87. The van der Waals surface area contributed by atoms with E-state index >= 15 is 0 Å². The molecular formula is C12H10NO. The number of hydrogen-bond acceptors (Lipinski definition) is 2. The summed E-state index contributed by atoms with van der Waals surface area (Å²) in [5, 5.41) is 0. The number of benzene rings is 1. The lowest BCUT2D eigenvalue weighted by Crippen LogP contribution is -1.85. The van der Waals surface area contributed by atoms with Crippen molar-refractivity contribution < 1.29 is 4.74 Å². The fourth-order valence-corrected chi connectivity index (χ4v) is 1.27. The predicted octanol–water partition coefficient (Wildman–Crippen LogP) is 2.56. The van der Waals surface area contributed by atoms with Crippen LogP contribution < -0.4 is 4.74 Å². The van der Waals surface area contributed by atoms with E-state index in [-0.39, 0.29) is 0 Å². The molecule has 0 saturated carbocycles. The van der Waals surface area contributed by atoms with E-state index in [4.69, 9.17) is 4.74 Å². The quantitative estimate of drug-likeness (QED) is 0.715. The minimum absolute atomic E-state index is 0.841. The lowest BCUT2D eigenvalue weighted by atomic mass is 10.1. The first kappa shape index (κ1) is 8.75. The molecule has 2 aromatic rings. The summed E-state index contributed by atoms with van der Waals surface area (Å²) in [4.78, 5) is 4.24. The molecule has 1 aromatic carbocycles. The molecule has 0 spiro atoms. The van der Waals surface area contributed by atoms with E-state index in [0.29, 0.717) is 0 Å². The third kappa shape index (κ3) is 1.74. The molecule has 2 rings (SSSR count). The number of methoxy groups -OCH3 is 1. The van der Waals surface area contributed by atoms with Crippen molar-refractivity contribution in [2.45, 2.75) is 0 Å². The lowest BCUT2D eigenvalue weighted by Gasteiger charge is -2.02. The van der Waals surface area contributed by atoms with Crippen molar-refractivity contribution in [3.8, 4) is 17.0 Å². The summed E-state index contributed by atoms with van der Waals surface area (Å²) >= 11 is 0. The Kier molecular flexibility index (Phi) is 2.45. The Hall–Kier alpha value is -1.83. The van der Waals surface area contributed by atoms with Gasteiger partial charge in [-0.05, 0) is 30.3 Å². The van der Waals surface area contributed by atoms with Gasteiger partial charge in [0.05, 0.1) is 12.8 Å². The summed E-state index contributed by atoms with van der Waals surface area (Å²) in [7, 11) is 1.66. The number of pyridine rings is 1. The summed E-state index contributed by atoms with van der Waals surface area (Å²) in [6.45, 7) is 0. The van der Waals surface area contributed by atoms with Crippen molar-refractivity contribution in [1.29, 1.82) is 0 Å². The third-order valence-corrected chi connectivity index (χ3v) is 1.97. The van der Waals surface area contributed by atoms with Gasteiger partial charge in [-0.15, -0.1) is 0 Å². The fourth-order valence-electron chi connectivity index (χ4n) is 1.27. The van der Waals surface area contributed by atoms with Crippen molar-refractivity contribution in [1.82, 2.24) is 4.98 Å². The SMILES string of the molecule is COc1cccc(-c2c[c]ccn2)c1. The number of nitrogens with zero attached hydrogens (tertiary/aromatic N) is 1. The molecular weight excluding hydrogens is 174 g/mol. The first-order chi connectivity index (χ1) is 6.90. The van der Waals surface area contributed by atoms with Gasteiger partial charge in [-0.2, -0.15) is 0 Å². The average molecular weight is 184 g/mol. The van der Waals surface area contributed by atoms with Gasteiger partial charge in [-0.25, -0.2) is 0 Å². The molecule has 0 atom stereocenters. The zero-order chi connectivity index (χ0) is 9.80. The van der Waals surface area contributed by atoms with E-state index in [1.165, 1.54) is 0 Å². The molecule has 0 bridgehead atoms. The highest BCUT2D eigenvalue weighted by Gasteiger charge is 1.98. The van der Waals surface area contributed by atoms with Crippen LogP contribution in [-0.2, 0) is 0 Å². The van der Waals surface area contributed by atoms with Crippen LogP contribution in [0.3, 0.4) is 0 Å². The molecule has 0 aliphatic heterocycles. The van der Waals surface area contributed by atoms with Crippen LogP contribution in [0.15, 0.2) is 42.6 Å². The second-order valence-electron chi connectivity index (χ2n) is 2.87. The van der Waals surface area contributed by atoms with Crippen LogP contribution in [0.5, 0.6) is 5.75 Å². The molecule has 2 nitrogen and oxygen atoms in total. The molecule has 0 aliphatic carbocycles. The number of ether oxygens (including phenoxy) is 1. The van der Waals surface area contributed by atoms with E-state index < -0.39 is 0 Å². The van der Waals surface area contributed by atoms with Crippen LogP contribution in [0.25, 0.3) is 11.3 Å². The Morgan fingerprint density at radius 2 is 2.29 bits per heavy atom. The van der Waals surface area contributed by atoms with E-state index in [0.717, 1.165) is 17.0 Å². The van der Waals surface area contributed by atoms with E-state index in [1.807, 2.05) is 30.3 Å². The first-order valence-corrected chi connectivity index (χ1v) is 4.36. The Morgan fingerprint density at radius 1 is 1.36 bits per heavy atom. The monoisotopic (exact) mass is 184 g/mol. The highest BCUT2D eigenvalue weighted by molar-refractivity contribution is 5.60. The molecule has 0 saturated heterocycles. The van der Waals surface area contributed by atoms with Gasteiger partial charge in [-0.1, -0.05) is 12.1 Å². The summed E-state index contributed by atoms with van der Waals surface area (Å²) in [6, 6.07) is 14.4. The zero-order valence-electron chi connectivity index (χ0n) is 7.90. The maximum atomic E-state index is 5.14. The smallest absolute Gasteiger partial charge is 0.119 e. The number of rotatable bonds is 2. The average Bonchev–Trinajstić information content (AvgIpc) is 2.30. The van der Waals surface area contributed by atoms with Gasteiger partial charge in [0.25, 0.3) is 0 Å². The maximum absolute atomic E-state index is 5.14. The Morgan fingerprint density at radius 3 is 3.00 bits per heavy atom. The largest absolute Gasteiger partial charge is 0.497 e. The maximum Gasteiger partial charge on any atom is 0.119 e. The van der Waals surface area contributed by atoms with E-state index in [2.05, 4.69) is 11.1 Å². The topological polar surface area (TPSA) is 22.1 Å². The Labute approximate surface area is 83.2 Å². The number of aromatic nitrogens is 1. The standard InChI is InChI=1S/C12H10NO/c1-14-11-6-4-5-10(9-11)12-7-2-3-8-13-12/h3-9H,1H3. The molecule has 0 unspecified atom stereocenters. The van der Waals surface area contributed by atoms with Crippen LogP contribution in [0, 0.1) is 6.07 Å². The van der Waals surface area contributed by atoms with Gasteiger partial charge in [0.2, 0.25) is 0 Å². The van der Waals surface area contributed by atoms with Crippen LogP contribution in [0.1, 0.15) is 0 Å². The third-order valence-electron chi connectivity index (χ3n) is 1.97. The minimum atomic E-state index is 0.841. The molecule has 0 aliphatic rings. The van der Waals surface area contributed by atoms with Gasteiger partial charge >= 0.3 is 0 Å². The summed E-state index contributed by atoms with van der Waals surface area (Å²) in [5.41, 5.74) is 1.95. The second kappa shape index (κ2) is 3.92.